The van der Waals surface area contributed by atoms with E-state index in [1.54, 1.807) is 13.8 Å². The zero-order valence-corrected chi connectivity index (χ0v) is 32.1. The molecule has 14 atom stereocenters. The van der Waals surface area contributed by atoms with Gasteiger partial charge >= 0.3 is 5.97 Å². The van der Waals surface area contributed by atoms with Crippen molar-refractivity contribution in [1.82, 2.24) is 4.90 Å². The molecule has 49 heavy (non-hydrogen) atoms. The molecule has 2 spiro atoms. The first-order valence-corrected chi connectivity index (χ1v) is 19.6. The number of aliphatic hydroxyl groups excluding tert-OH is 1. The molecule has 7 rings (SSSR count). The van der Waals surface area contributed by atoms with Crippen molar-refractivity contribution in [2.75, 3.05) is 26.2 Å². The highest BCUT2D eigenvalue weighted by molar-refractivity contribution is 5.66. The van der Waals surface area contributed by atoms with Crippen molar-refractivity contribution in [3.05, 3.63) is 0 Å². The van der Waals surface area contributed by atoms with E-state index in [1.165, 1.54) is 26.2 Å². The predicted octanol–water partition coefficient (Wildman–Crippen LogP) is 5.32. The van der Waals surface area contributed by atoms with Gasteiger partial charge in [0.05, 0.1) is 42.2 Å². The van der Waals surface area contributed by atoms with Crippen LogP contribution < -0.4 is 0 Å². The van der Waals surface area contributed by atoms with E-state index in [4.69, 9.17) is 18.9 Å². The first-order chi connectivity index (χ1) is 22.6. The number of fused-ring (bicyclic) bond motifs is 4. The Balaban J connectivity index is 1.11. The first kappa shape index (κ1) is 36.5. The van der Waals surface area contributed by atoms with Crippen molar-refractivity contribution in [2.24, 2.45) is 50.7 Å². The van der Waals surface area contributed by atoms with Crippen LogP contribution in [-0.4, -0.2) is 100 Å². The van der Waals surface area contributed by atoms with Crippen molar-refractivity contribution in [3.8, 4) is 0 Å². The molecule has 0 radical (unpaired) electrons. The summed E-state index contributed by atoms with van der Waals surface area (Å²) in [4.78, 5) is 14.4. The minimum Gasteiger partial charge on any atom is -0.457 e. The molecule has 7 fully saturated rings. The molecule has 2 aliphatic heterocycles. The quantitative estimate of drug-likeness (QED) is 0.306. The lowest BCUT2D eigenvalue weighted by Crippen LogP contribution is -2.60. The highest BCUT2D eigenvalue weighted by Gasteiger charge is 2.84. The molecule has 2 heterocycles. The predicted molar refractivity (Wildman–Crippen MR) is 185 cm³/mol. The van der Waals surface area contributed by atoms with E-state index < -0.39 is 35.5 Å². The van der Waals surface area contributed by atoms with Crippen LogP contribution in [0.3, 0.4) is 0 Å². The van der Waals surface area contributed by atoms with Gasteiger partial charge in [-0.1, -0.05) is 34.6 Å². The van der Waals surface area contributed by atoms with Gasteiger partial charge in [0, 0.05) is 32.0 Å². The molecule has 9 heteroatoms. The van der Waals surface area contributed by atoms with Gasteiger partial charge in [-0.2, -0.15) is 0 Å². The SMILES string of the molecule is CC(=O)O[C@@H]([C@H]1C[C@@H](C)[C@H]2[C@H](O1)[C@H](O)[C@@]1(C)[C@@H]3CC[C@H]4C(C)(C)[C@@H](O[C@H]5CN(CC(C)(C)O)CCO5)CC[C@@]45C[C@@]35CC[C@]21C)C(C)(C)O. The molecule has 0 amide bonds. The van der Waals surface area contributed by atoms with Crippen LogP contribution in [-0.2, 0) is 23.7 Å². The van der Waals surface area contributed by atoms with Crippen molar-refractivity contribution in [3.63, 3.8) is 0 Å². The summed E-state index contributed by atoms with van der Waals surface area (Å²) in [6, 6.07) is 0. The second-order valence-electron chi connectivity index (χ2n) is 20.2. The summed E-state index contributed by atoms with van der Waals surface area (Å²) in [7, 11) is 0. The Morgan fingerprint density at radius 2 is 1.67 bits per heavy atom. The minimum absolute atomic E-state index is 0.00616. The Labute approximate surface area is 295 Å². The number of morpholine rings is 1. The summed E-state index contributed by atoms with van der Waals surface area (Å²) in [5.74, 6) is 1.03. The summed E-state index contributed by atoms with van der Waals surface area (Å²) in [5, 5.41) is 34.0. The monoisotopic (exact) mass is 689 g/mol. The van der Waals surface area contributed by atoms with E-state index in [0.29, 0.717) is 38.0 Å². The number of nitrogens with zero attached hydrogens (tertiary/aromatic N) is 1. The fraction of sp³-hybridized carbons (Fsp3) is 0.975. The molecule has 3 N–H and O–H groups in total. The largest absolute Gasteiger partial charge is 0.457 e. The highest BCUT2D eigenvalue weighted by atomic mass is 16.7. The average molecular weight is 690 g/mol. The molecule has 0 aromatic heterocycles. The number of aliphatic hydroxyl groups is 3. The lowest BCUT2D eigenvalue weighted by Gasteiger charge is -2.64. The number of rotatable bonds is 7. The van der Waals surface area contributed by atoms with Gasteiger partial charge in [-0.05, 0) is 124 Å². The van der Waals surface area contributed by atoms with Crippen LogP contribution in [0.15, 0.2) is 0 Å². The molecule has 280 valence electrons. The smallest absolute Gasteiger partial charge is 0.303 e. The van der Waals surface area contributed by atoms with E-state index in [1.807, 2.05) is 13.8 Å². The van der Waals surface area contributed by atoms with Gasteiger partial charge in [0.2, 0.25) is 0 Å². The molecule has 5 aliphatic carbocycles. The summed E-state index contributed by atoms with van der Waals surface area (Å²) in [6.07, 6.45) is 6.35. The lowest BCUT2D eigenvalue weighted by molar-refractivity contribution is -0.250. The highest BCUT2D eigenvalue weighted by Crippen LogP contribution is 2.89. The van der Waals surface area contributed by atoms with E-state index >= 15 is 0 Å². The number of hydrogen-bond donors (Lipinski definition) is 3. The summed E-state index contributed by atoms with van der Waals surface area (Å²) in [5.41, 5.74) is -1.83. The number of carbonyl (C=O) groups is 1. The van der Waals surface area contributed by atoms with Gasteiger partial charge in [0.15, 0.2) is 12.4 Å². The van der Waals surface area contributed by atoms with Crippen LogP contribution in [0, 0.1) is 50.7 Å². The van der Waals surface area contributed by atoms with Crippen molar-refractivity contribution in [2.45, 2.75) is 169 Å². The fourth-order valence-corrected chi connectivity index (χ4v) is 14.2. The number of β-amino-alcohol motifs (C(OH)–C–C–N with tert-alkyl or cyclic N) is 1. The van der Waals surface area contributed by atoms with Crippen molar-refractivity contribution >= 4 is 5.97 Å². The second kappa shape index (κ2) is 11.6. The van der Waals surface area contributed by atoms with Crippen LogP contribution in [0.2, 0.25) is 0 Å². The Kier molecular flexibility index (Phi) is 8.65. The normalized spacial score (nSPS) is 49.9. The van der Waals surface area contributed by atoms with Crippen LogP contribution in [0.25, 0.3) is 0 Å². The standard InChI is InChI=1S/C40H67NO8/c1-23-19-25(33(36(7,8)45)47-24(2)42)48-31-30(23)37(9)15-16-40-21-39(40)14-13-28(49-29-20-41(17-18-46-29)22-34(3,4)44)35(5,6)26(39)11-12-27(40)38(37,10)32(31)43/h23,25-33,43-45H,11-22H2,1-10H3/t23-,25-,26+,27+,28+,29+,30+,31+,32+,33+,37-,38-,39-,40+/m1/s1. The van der Waals surface area contributed by atoms with Gasteiger partial charge in [-0.3, -0.25) is 9.69 Å². The maximum absolute atomic E-state index is 12.6. The van der Waals surface area contributed by atoms with Gasteiger partial charge < -0.3 is 34.3 Å². The van der Waals surface area contributed by atoms with Gasteiger partial charge in [0.25, 0.3) is 0 Å². The van der Waals surface area contributed by atoms with Crippen molar-refractivity contribution < 1.29 is 39.1 Å². The number of carbonyl (C=O) groups excluding carboxylic acids is 1. The van der Waals surface area contributed by atoms with E-state index in [9.17, 15) is 20.1 Å². The summed E-state index contributed by atoms with van der Waals surface area (Å²) >= 11 is 0. The van der Waals surface area contributed by atoms with Crippen LogP contribution in [0.1, 0.15) is 121 Å². The topological polar surface area (TPSA) is 118 Å². The first-order valence-electron chi connectivity index (χ1n) is 19.6. The Bertz CT molecular complexity index is 1290. The third-order valence-corrected chi connectivity index (χ3v) is 16.1. The van der Waals surface area contributed by atoms with Gasteiger partial charge in [0.1, 0.15) is 0 Å². The molecule has 0 bridgehead atoms. The van der Waals surface area contributed by atoms with E-state index in [0.717, 1.165) is 32.2 Å². The maximum Gasteiger partial charge on any atom is 0.303 e. The third-order valence-electron chi connectivity index (χ3n) is 16.1. The molecule has 0 unspecified atom stereocenters. The average Bonchev–Trinajstić information content (AvgIpc) is 3.61. The maximum atomic E-state index is 12.6. The molecule has 0 aromatic rings. The number of hydrogen-bond acceptors (Lipinski definition) is 9. The Morgan fingerprint density at radius 1 is 1.00 bits per heavy atom. The lowest BCUT2D eigenvalue weighted by atomic mass is 9.41. The molecule has 5 saturated carbocycles. The molecule has 0 aromatic carbocycles. The van der Waals surface area contributed by atoms with Crippen LogP contribution in [0.5, 0.6) is 0 Å². The fourth-order valence-electron chi connectivity index (χ4n) is 14.2. The summed E-state index contributed by atoms with van der Waals surface area (Å²) < 4.78 is 25.6. The van der Waals surface area contributed by atoms with Gasteiger partial charge in [-0.25, -0.2) is 0 Å². The Hall–Kier alpha value is -0.810. The molecular weight excluding hydrogens is 622 g/mol. The zero-order chi connectivity index (χ0) is 35.7. The molecule has 7 aliphatic rings. The van der Waals surface area contributed by atoms with E-state index in [-0.39, 0.29) is 57.4 Å². The second-order valence-corrected chi connectivity index (χ2v) is 20.2. The third kappa shape index (κ3) is 5.35. The van der Waals surface area contributed by atoms with Crippen LogP contribution in [0.4, 0.5) is 0 Å². The number of ether oxygens (including phenoxy) is 4. The number of esters is 1. The Morgan fingerprint density at radius 3 is 2.33 bits per heavy atom. The zero-order valence-electron chi connectivity index (χ0n) is 32.1. The minimum atomic E-state index is -1.26. The van der Waals surface area contributed by atoms with Gasteiger partial charge in [-0.15, -0.1) is 0 Å². The molecule has 9 nitrogen and oxygen atoms in total. The molecular formula is C40H67NO8. The summed E-state index contributed by atoms with van der Waals surface area (Å²) in [6.45, 7) is 23.2. The van der Waals surface area contributed by atoms with Crippen molar-refractivity contribution in [1.29, 1.82) is 0 Å². The van der Waals surface area contributed by atoms with Crippen LogP contribution >= 0.6 is 0 Å². The molecule has 2 saturated heterocycles. The van der Waals surface area contributed by atoms with E-state index in [2.05, 4.69) is 39.5 Å².